The van der Waals surface area contributed by atoms with Gasteiger partial charge >= 0.3 is 0 Å². The minimum Gasteiger partial charge on any atom is -0.497 e. The van der Waals surface area contributed by atoms with Gasteiger partial charge in [0.25, 0.3) is 0 Å². The van der Waals surface area contributed by atoms with Crippen LogP contribution >= 0.6 is 0 Å². The number of alkyl halides is 1. The van der Waals surface area contributed by atoms with E-state index in [1.54, 1.807) is 6.26 Å². The van der Waals surface area contributed by atoms with Crippen LogP contribution < -0.4 is 0 Å². The van der Waals surface area contributed by atoms with Gasteiger partial charge in [-0.25, -0.2) is 0 Å². The molecule has 0 aromatic rings. The van der Waals surface area contributed by atoms with Gasteiger partial charge in [-0.3, -0.25) is 4.39 Å². The quantitative estimate of drug-likeness (QED) is 0.606. The van der Waals surface area contributed by atoms with Gasteiger partial charge in [0, 0.05) is 0 Å². The zero-order valence-electron chi connectivity index (χ0n) is 7.92. The van der Waals surface area contributed by atoms with Gasteiger partial charge in [-0.05, 0) is 41.9 Å². The predicted octanol–water partition coefficient (Wildman–Crippen LogP) is 2.84. The molecule has 0 saturated carbocycles. The molecule has 1 heterocycles. The molecule has 2 heteroatoms. The molecule has 1 nitrogen and oxygen atoms in total. The third-order valence-corrected chi connectivity index (χ3v) is 3.22. The molecule has 2 aliphatic rings. The first-order chi connectivity index (χ1) is 6.33. The van der Waals surface area contributed by atoms with E-state index in [-0.39, 0.29) is 12.6 Å². The Labute approximate surface area is 78.3 Å². The van der Waals surface area contributed by atoms with Crippen LogP contribution in [0, 0.1) is 11.8 Å². The Kier molecular flexibility index (Phi) is 2.38. The second-order valence-electron chi connectivity index (χ2n) is 3.91. The highest BCUT2D eigenvalue weighted by Gasteiger charge is 2.28. The third-order valence-electron chi connectivity index (χ3n) is 3.22. The lowest BCUT2D eigenvalue weighted by molar-refractivity contribution is 0.230. The largest absolute Gasteiger partial charge is 0.497 e. The lowest BCUT2D eigenvalue weighted by Gasteiger charge is -2.32. The molecule has 0 aromatic carbocycles. The van der Waals surface area contributed by atoms with Crippen LogP contribution in [0.1, 0.15) is 19.8 Å². The van der Waals surface area contributed by atoms with Crippen LogP contribution in [0.3, 0.4) is 0 Å². The van der Waals surface area contributed by atoms with Crippen molar-refractivity contribution in [2.45, 2.75) is 19.8 Å². The van der Waals surface area contributed by atoms with Gasteiger partial charge in [-0.15, -0.1) is 0 Å². The van der Waals surface area contributed by atoms with E-state index < -0.39 is 0 Å². The van der Waals surface area contributed by atoms with E-state index in [1.807, 2.05) is 6.08 Å². The molecule has 0 radical (unpaired) electrons. The highest BCUT2D eigenvalue weighted by Crippen LogP contribution is 2.37. The van der Waals surface area contributed by atoms with Gasteiger partial charge in [0.05, 0.1) is 12.9 Å². The zero-order chi connectivity index (χ0) is 9.26. The first kappa shape index (κ1) is 8.79. The first-order valence-electron chi connectivity index (χ1n) is 4.89. The highest BCUT2D eigenvalue weighted by atomic mass is 19.1. The van der Waals surface area contributed by atoms with E-state index >= 15 is 0 Å². The molecule has 0 aromatic heterocycles. The molecule has 72 valence electrons. The minimum atomic E-state index is -0.188. The molecular formula is C11H15FO. The summed E-state index contributed by atoms with van der Waals surface area (Å²) in [6.45, 7) is 2.65. The smallest absolute Gasteiger partial charge is 0.109 e. The summed E-state index contributed by atoms with van der Waals surface area (Å²) in [6, 6.07) is 0. The number of hydrogen-bond donors (Lipinski definition) is 0. The van der Waals surface area contributed by atoms with Crippen LogP contribution in [0.15, 0.2) is 23.5 Å². The van der Waals surface area contributed by atoms with Gasteiger partial charge in [0.2, 0.25) is 0 Å². The van der Waals surface area contributed by atoms with Crippen molar-refractivity contribution in [2.24, 2.45) is 11.8 Å². The number of hydrogen-bond acceptors (Lipinski definition) is 1. The van der Waals surface area contributed by atoms with Crippen molar-refractivity contribution in [2.75, 3.05) is 13.3 Å². The second kappa shape index (κ2) is 3.52. The number of allylic oxidation sites excluding steroid dienone is 2. The summed E-state index contributed by atoms with van der Waals surface area (Å²) in [5, 5.41) is 0. The molecule has 1 aliphatic heterocycles. The molecule has 2 rings (SSSR count). The van der Waals surface area contributed by atoms with E-state index in [9.17, 15) is 4.39 Å². The summed E-state index contributed by atoms with van der Waals surface area (Å²) in [4.78, 5) is 0. The van der Waals surface area contributed by atoms with Crippen LogP contribution in [0.2, 0.25) is 0 Å². The van der Waals surface area contributed by atoms with Crippen LogP contribution in [0.25, 0.3) is 0 Å². The standard InChI is InChI=1S/C11H15FO/c1-8-9(6-12)2-3-10-7-13-5-4-11(8)10/h4-5,8-9H,2-3,6-7H2,1H3. The lowest BCUT2D eigenvalue weighted by Crippen LogP contribution is -2.24. The van der Waals surface area contributed by atoms with Crippen LogP contribution in [0.5, 0.6) is 0 Å². The van der Waals surface area contributed by atoms with Crippen LogP contribution in [0.4, 0.5) is 4.39 Å². The molecule has 0 N–H and O–H groups in total. The fraction of sp³-hybridized carbons (Fsp3) is 0.636. The van der Waals surface area contributed by atoms with E-state index in [2.05, 4.69) is 6.92 Å². The highest BCUT2D eigenvalue weighted by molar-refractivity contribution is 5.32. The van der Waals surface area contributed by atoms with E-state index in [4.69, 9.17) is 4.74 Å². The van der Waals surface area contributed by atoms with Gasteiger partial charge < -0.3 is 4.74 Å². The summed E-state index contributed by atoms with van der Waals surface area (Å²) in [7, 11) is 0. The van der Waals surface area contributed by atoms with Crippen molar-refractivity contribution >= 4 is 0 Å². The second-order valence-corrected chi connectivity index (χ2v) is 3.91. The molecule has 0 bridgehead atoms. The average Bonchev–Trinajstić information content (AvgIpc) is 2.19. The third kappa shape index (κ3) is 1.50. The Hall–Kier alpha value is -0.790. The molecule has 13 heavy (non-hydrogen) atoms. The normalized spacial score (nSPS) is 32.8. The van der Waals surface area contributed by atoms with Crippen molar-refractivity contribution in [3.63, 3.8) is 0 Å². The molecule has 2 atom stereocenters. The maximum Gasteiger partial charge on any atom is 0.109 e. The van der Waals surface area contributed by atoms with Gasteiger partial charge in [0.1, 0.15) is 6.61 Å². The molecule has 1 aliphatic carbocycles. The predicted molar refractivity (Wildman–Crippen MR) is 50.0 cm³/mol. The maximum atomic E-state index is 12.6. The molecular weight excluding hydrogens is 167 g/mol. The van der Waals surface area contributed by atoms with Crippen molar-refractivity contribution < 1.29 is 9.13 Å². The SMILES string of the molecule is CC1C2=C(CCC1CF)COC=C2. The van der Waals surface area contributed by atoms with Crippen molar-refractivity contribution in [1.82, 2.24) is 0 Å². The summed E-state index contributed by atoms with van der Waals surface area (Å²) < 4.78 is 17.8. The van der Waals surface area contributed by atoms with Gasteiger partial charge in [0.15, 0.2) is 0 Å². The topological polar surface area (TPSA) is 9.23 Å². The number of ether oxygens (including phenoxy) is 1. The number of rotatable bonds is 1. The lowest BCUT2D eigenvalue weighted by atomic mass is 9.76. The van der Waals surface area contributed by atoms with Crippen molar-refractivity contribution in [3.05, 3.63) is 23.5 Å². The fourth-order valence-corrected chi connectivity index (χ4v) is 2.24. The summed E-state index contributed by atoms with van der Waals surface area (Å²) >= 11 is 0. The molecule has 2 unspecified atom stereocenters. The number of halogens is 1. The van der Waals surface area contributed by atoms with E-state index in [0.717, 1.165) is 19.4 Å². The van der Waals surface area contributed by atoms with Crippen LogP contribution in [-0.4, -0.2) is 13.3 Å². The maximum absolute atomic E-state index is 12.6. The monoisotopic (exact) mass is 182 g/mol. The molecule has 0 spiro atoms. The zero-order valence-corrected chi connectivity index (χ0v) is 7.92. The summed E-state index contributed by atoms with van der Waals surface area (Å²) in [6.07, 6.45) is 5.73. The van der Waals surface area contributed by atoms with Gasteiger partial charge in [-0.2, -0.15) is 0 Å². The fourth-order valence-electron chi connectivity index (χ4n) is 2.24. The van der Waals surface area contributed by atoms with Crippen molar-refractivity contribution in [3.8, 4) is 0 Å². The molecule has 0 saturated heterocycles. The minimum absolute atomic E-state index is 0.188. The van der Waals surface area contributed by atoms with E-state index in [1.165, 1.54) is 11.1 Å². The molecule has 0 amide bonds. The first-order valence-corrected chi connectivity index (χ1v) is 4.89. The Bertz CT molecular complexity index is 255. The Morgan fingerprint density at radius 3 is 3.23 bits per heavy atom. The summed E-state index contributed by atoms with van der Waals surface area (Å²) in [5.74, 6) is 0.593. The summed E-state index contributed by atoms with van der Waals surface area (Å²) in [5.41, 5.74) is 2.69. The Morgan fingerprint density at radius 2 is 2.46 bits per heavy atom. The Morgan fingerprint density at radius 1 is 1.62 bits per heavy atom. The van der Waals surface area contributed by atoms with Gasteiger partial charge in [-0.1, -0.05) is 6.92 Å². The van der Waals surface area contributed by atoms with Crippen LogP contribution in [-0.2, 0) is 4.74 Å². The Balaban J connectivity index is 2.22. The molecule has 0 fully saturated rings. The average molecular weight is 182 g/mol. The van der Waals surface area contributed by atoms with E-state index in [0.29, 0.717) is 5.92 Å². The van der Waals surface area contributed by atoms with Crippen molar-refractivity contribution in [1.29, 1.82) is 0 Å².